The number of hydrogen-bond acceptors (Lipinski definition) is 4. The molecule has 2 aliphatic heterocycles. The number of fused-ring (bicyclic) bond motifs is 1. The van der Waals surface area contributed by atoms with Crippen LogP contribution in [0.1, 0.15) is 58.7 Å². The maximum atomic E-state index is 13.4. The third kappa shape index (κ3) is 4.65. The molecule has 1 aromatic carbocycles. The summed E-state index contributed by atoms with van der Waals surface area (Å²) in [5, 5.41) is 0. The normalized spacial score (nSPS) is 22.4. The van der Waals surface area contributed by atoms with E-state index in [2.05, 4.69) is 29.2 Å². The zero-order valence-electron chi connectivity index (χ0n) is 19.5. The summed E-state index contributed by atoms with van der Waals surface area (Å²) in [6.45, 7) is 8.42. The first kappa shape index (κ1) is 21.7. The molecular weight excluding hydrogens is 400 g/mol. The molecule has 5 nitrogen and oxygen atoms in total. The van der Waals surface area contributed by atoms with E-state index in [4.69, 9.17) is 9.15 Å². The van der Waals surface area contributed by atoms with Crippen molar-refractivity contribution >= 4 is 5.91 Å². The van der Waals surface area contributed by atoms with Crippen molar-refractivity contribution in [1.29, 1.82) is 0 Å². The zero-order chi connectivity index (χ0) is 22.1. The molecule has 32 heavy (non-hydrogen) atoms. The molecule has 1 aromatic heterocycles. The van der Waals surface area contributed by atoms with Crippen molar-refractivity contribution in [2.24, 2.45) is 5.92 Å². The lowest BCUT2D eigenvalue weighted by molar-refractivity contribution is 0.0407. The van der Waals surface area contributed by atoms with Gasteiger partial charge >= 0.3 is 0 Å². The number of benzene rings is 1. The Bertz CT molecular complexity index is 913. The lowest BCUT2D eigenvalue weighted by atomic mass is 9.94. The molecule has 3 heterocycles. The van der Waals surface area contributed by atoms with Gasteiger partial charge in [-0.05, 0) is 88.6 Å². The van der Waals surface area contributed by atoms with Gasteiger partial charge in [-0.1, -0.05) is 24.3 Å². The number of carbonyl (C=O) groups is 1. The third-order valence-electron chi connectivity index (χ3n) is 7.64. The zero-order valence-corrected chi connectivity index (χ0v) is 19.5. The average molecular weight is 437 g/mol. The Morgan fingerprint density at radius 3 is 2.38 bits per heavy atom. The van der Waals surface area contributed by atoms with Crippen LogP contribution in [0.5, 0.6) is 0 Å². The fraction of sp³-hybridized carbons (Fsp3) is 0.593. The number of aryl methyl sites for hydroxylation is 2. The molecule has 1 atom stereocenters. The summed E-state index contributed by atoms with van der Waals surface area (Å²) in [4.78, 5) is 18.1. The Hall–Kier alpha value is -2.11. The minimum absolute atomic E-state index is 0.0276. The molecule has 2 saturated heterocycles. The second kappa shape index (κ2) is 9.40. The smallest absolute Gasteiger partial charge is 0.289 e. The van der Waals surface area contributed by atoms with Crippen LogP contribution in [0.25, 0.3) is 0 Å². The van der Waals surface area contributed by atoms with Crippen molar-refractivity contribution in [3.8, 4) is 0 Å². The number of nitrogens with zero attached hydrogens (tertiary/aromatic N) is 2. The van der Waals surface area contributed by atoms with Crippen molar-refractivity contribution in [3.63, 3.8) is 0 Å². The van der Waals surface area contributed by atoms with Gasteiger partial charge in [0.2, 0.25) is 0 Å². The topological polar surface area (TPSA) is 45.9 Å². The monoisotopic (exact) mass is 436 g/mol. The third-order valence-corrected chi connectivity index (χ3v) is 7.64. The van der Waals surface area contributed by atoms with Crippen molar-refractivity contribution in [2.45, 2.75) is 64.5 Å². The first-order chi connectivity index (χ1) is 15.6. The molecule has 172 valence electrons. The summed E-state index contributed by atoms with van der Waals surface area (Å²) in [6.07, 6.45) is 6.96. The minimum Gasteiger partial charge on any atom is -0.456 e. The first-order valence-corrected chi connectivity index (χ1v) is 12.4. The highest BCUT2D eigenvalue weighted by Crippen LogP contribution is 2.29. The molecule has 0 bridgehead atoms. The van der Waals surface area contributed by atoms with E-state index in [1.807, 2.05) is 24.8 Å². The fourth-order valence-corrected chi connectivity index (χ4v) is 5.88. The molecule has 5 heteroatoms. The van der Waals surface area contributed by atoms with E-state index < -0.39 is 0 Å². The van der Waals surface area contributed by atoms with Crippen LogP contribution in [-0.4, -0.2) is 60.6 Å². The van der Waals surface area contributed by atoms with Crippen LogP contribution >= 0.6 is 0 Å². The van der Waals surface area contributed by atoms with E-state index in [1.54, 1.807) is 0 Å². The molecule has 0 saturated carbocycles. The van der Waals surface area contributed by atoms with E-state index in [0.29, 0.717) is 24.3 Å². The van der Waals surface area contributed by atoms with Gasteiger partial charge in [0.05, 0.1) is 6.10 Å². The summed E-state index contributed by atoms with van der Waals surface area (Å²) in [5.74, 6) is 1.87. The molecular formula is C27H36N2O3. The van der Waals surface area contributed by atoms with Crippen molar-refractivity contribution in [1.82, 2.24) is 9.80 Å². The number of rotatable bonds is 6. The highest BCUT2D eigenvalue weighted by molar-refractivity contribution is 5.93. The predicted molar refractivity (Wildman–Crippen MR) is 125 cm³/mol. The fourth-order valence-electron chi connectivity index (χ4n) is 5.88. The lowest BCUT2D eigenvalue weighted by Crippen LogP contribution is -2.46. The van der Waals surface area contributed by atoms with Gasteiger partial charge in [-0.3, -0.25) is 9.69 Å². The van der Waals surface area contributed by atoms with E-state index >= 15 is 0 Å². The van der Waals surface area contributed by atoms with Gasteiger partial charge in [0.15, 0.2) is 5.76 Å². The Morgan fingerprint density at radius 2 is 1.78 bits per heavy atom. The van der Waals surface area contributed by atoms with Crippen LogP contribution < -0.4 is 0 Å². The second-order valence-corrected chi connectivity index (χ2v) is 10.0. The largest absolute Gasteiger partial charge is 0.456 e. The highest BCUT2D eigenvalue weighted by Gasteiger charge is 2.33. The standard InChI is InChI=1S/C27H36N2O3/c1-19-14-20(2)32-26(19)27(30)29(18-25-8-5-13-31-25)17-21-9-11-28(12-10-21)24-15-22-6-3-4-7-23(22)16-24/h3-4,6-7,14,21,24-25H,5,8-13,15-18H2,1-2H3/t25-/m0/s1. The molecule has 2 fully saturated rings. The number of piperidine rings is 1. The minimum atomic E-state index is 0.0276. The van der Waals surface area contributed by atoms with Crippen LogP contribution in [0.3, 0.4) is 0 Å². The van der Waals surface area contributed by atoms with Gasteiger partial charge in [-0.25, -0.2) is 0 Å². The molecule has 0 N–H and O–H groups in total. The molecule has 0 radical (unpaired) electrons. The number of amides is 1. The van der Waals surface area contributed by atoms with Crippen molar-refractivity contribution < 1.29 is 13.9 Å². The van der Waals surface area contributed by atoms with Crippen LogP contribution in [0.15, 0.2) is 34.7 Å². The number of likely N-dealkylation sites (tertiary alicyclic amines) is 1. The Morgan fingerprint density at radius 1 is 1.06 bits per heavy atom. The van der Waals surface area contributed by atoms with Gasteiger partial charge in [0.25, 0.3) is 5.91 Å². The van der Waals surface area contributed by atoms with Crippen LogP contribution in [0.4, 0.5) is 0 Å². The van der Waals surface area contributed by atoms with Gasteiger partial charge in [0, 0.05) is 31.3 Å². The van der Waals surface area contributed by atoms with Crippen LogP contribution in [0, 0.1) is 19.8 Å². The van der Waals surface area contributed by atoms with Gasteiger partial charge in [-0.2, -0.15) is 0 Å². The number of hydrogen-bond donors (Lipinski definition) is 0. The first-order valence-electron chi connectivity index (χ1n) is 12.4. The molecule has 2 aromatic rings. The van der Waals surface area contributed by atoms with E-state index in [-0.39, 0.29) is 12.0 Å². The highest BCUT2D eigenvalue weighted by atomic mass is 16.5. The summed E-state index contributed by atoms with van der Waals surface area (Å²) < 4.78 is 11.7. The van der Waals surface area contributed by atoms with Gasteiger partial charge < -0.3 is 14.1 Å². The van der Waals surface area contributed by atoms with Crippen LogP contribution in [-0.2, 0) is 17.6 Å². The van der Waals surface area contributed by atoms with Gasteiger partial charge in [-0.15, -0.1) is 0 Å². The number of carbonyl (C=O) groups excluding carboxylic acids is 1. The predicted octanol–water partition coefficient (Wildman–Crippen LogP) is 4.40. The molecule has 0 unspecified atom stereocenters. The van der Waals surface area contributed by atoms with E-state index in [9.17, 15) is 4.79 Å². The second-order valence-electron chi connectivity index (χ2n) is 10.0. The molecule has 1 amide bonds. The van der Waals surface area contributed by atoms with Crippen LogP contribution in [0.2, 0.25) is 0 Å². The average Bonchev–Trinajstić information content (AvgIpc) is 3.53. The molecule has 3 aliphatic rings. The quantitative estimate of drug-likeness (QED) is 0.674. The molecule has 1 aliphatic carbocycles. The lowest BCUT2D eigenvalue weighted by Gasteiger charge is -2.38. The summed E-state index contributed by atoms with van der Waals surface area (Å²) >= 11 is 0. The van der Waals surface area contributed by atoms with Gasteiger partial charge in [0.1, 0.15) is 5.76 Å². The molecule has 0 spiro atoms. The number of furan rings is 1. The SMILES string of the molecule is Cc1cc(C)c(C(=O)N(CC2CCN(C3Cc4ccccc4C3)CC2)C[C@@H]2CCCO2)o1. The van der Waals surface area contributed by atoms with E-state index in [0.717, 1.165) is 63.2 Å². The summed E-state index contributed by atoms with van der Waals surface area (Å²) in [5.41, 5.74) is 3.98. The summed E-state index contributed by atoms with van der Waals surface area (Å²) in [7, 11) is 0. The molecule has 5 rings (SSSR count). The Kier molecular flexibility index (Phi) is 6.38. The summed E-state index contributed by atoms with van der Waals surface area (Å²) in [6, 6.07) is 11.5. The number of ether oxygens (including phenoxy) is 1. The Balaban J connectivity index is 1.20. The van der Waals surface area contributed by atoms with Crippen molar-refractivity contribution in [3.05, 3.63) is 58.5 Å². The van der Waals surface area contributed by atoms with E-state index in [1.165, 1.54) is 24.0 Å². The Labute approximate surface area is 191 Å². The maximum Gasteiger partial charge on any atom is 0.289 e. The maximum absolute atomic E-state index is 13.4. The van der Waals surface area contributed by atoms with Crippen molar-refractivity contribution in [2.75, 3.05) is 32.8 Å².